The predicted molar refractivity (Wildman–Crippen MR) is 71.8 cm³/mol. The van der Waals surface area contributed by atoms with Gasteiger partial charge in [-0.15, -0.1) is 5.46 Å². The normalized spacial score (nSPS) is 23.0. The Hall–Kier alpha value is 0.511. The Kier molecular flexibility index (Phi) is 7.63. The Balaban J connectivity index is 0.00000200. The van der Waals surface area contributed by atoms with Gasteiger partial charge < -0.3 is 17.7 Å². The van der Waals surface area contributed by atoms with Crippen LogP contribution in [0.1, 0.15) is 39.0 Å². The second kappa shape index (κ2) is 8.22. The van der Waals surface area contributed by atoms with Crippen LogP contribution in [0.3, 0.4) is 0 Å². The van der Waals surface area contributed by atoms with Crippen LogP contribution in [0.25, 0.3) is 0 Å². The zero-order valence-corrected chi connectivity index (χ0v) is 15.2. The standard InChI is InChI=1S/C14H19BF3O.K/c1-2-11-6-8-13(9-7-11)19-14-5-3-4-12(10-14)15(16,17)18;/h3-5,10-11,13H,2,6-9H2,1H3;/q-1;+1. The summed E-state index contributed by atoms with van der Waals surface area (Å²) < 4.78 is 43.6. The average Bonchev–Trinajstić information content (AvgIpc) is 2.39. The maximum atomic E-state index is 12.7. The van der Waals surface area contributed by atoms with E-state index in [-0.39, 0.29) is 57.5 Å². The summed E-state index contributed by atoms with van der Waals surface area (Å²) in [5.74, 6) is 1.10. The molecule has 1 aliphatic rings. The molecule has 0 bridgehead atoms. The van der Waals surface area contributed by atoms with Gasteiger partial charge in [-0.3, -0.25) is 0 Å². The number of halogens is 3. The minimum absolute atomic E-state index is 0. The number of ether oxygens (including phenoxy) is 1. The second-order valence-electron chi connectivity index (χ2n) is 5.32. The smallest absolute Gasteiger partial charge is 0.491 e. The van der Waals surface area contributed by atoms with Crippen LogP contribution in [0.4, 0.5) is 12.9 Å². The van der Waals surface area contributed by atoms with Crippen LogP contribution in [0.2, 0.25) is 0 Å². The molecule has 1 aliphatic carbocycles. The summed E-state index contributed by atoms with van der Waals surface area (Å²) in [5.41, 5.74) is -0.584. The third-order valence-corrected chi connectivity index (χ3v) is 3.91. The number of hydrogen-bond acceptors (Lipinski definition) is 1. The van der Waals surface area contributed by atoms with Crippen LogP contribution in [-0.4, -0.2) is 13.1 Å². The van der Waals surface area contributed by atoms with E-state index in [0.717, 1.165) is 43.7 Å². The third kappa shape index (κ3) is 5.37. The fourth-order valence-electron chi connectivity index (χ4n) is 2.64. The monoisotopic (exact) mass is 310 g/mol. The Labute approximate surface area is 161 Å². The van der Waals surface area contributed by atoms with E-state index in [2.05, 4.69) is 6.92 Å². The van der Waals surface area contributed by atoms with E-state index in [4.69, 9.17) is 4.74 Å². The number of rotatable bonds is 4. The Morgan fingerprint density at radius 3 is 2.35 bits per heavy atom. The van der Waals surface area contributed by atoms with Crippen molar-refractivity contribution in [3.8, 4) is 5.75 Å². The van der Waals surface area contributed by atoms with E-state index in [0.29, 0.717) is 5.75 Å². The van der Waals surface area contributed by atoms with Gasteiger partial charge in [0.15, 0.2) is 0 Å². The first-order valence-electron chi connectivity index (χ1n) is 6.95. The van der Waals surface area contributed by atoms with E-state index in [1.165, 1.54) is 12.5 Å². The molecule has 106 valence electrons. The molecule has 0 amide bonds. The van der Waals surface area contributed by atoms with Gasteiger partial charge in [0, 0.05) is 0 Å². The maximum Gasteiger partial charge on any atom is 1.00 e. The molecule has 0 atom stereocenters. The third-order valence-electron chi connectivity index (χ3n) is 3.91. The molecule has 0 spiro atoms. The van der Waals surface area contributed by atoms with Crippen LogP contribution in [0, 0.1) is 5.92 Å². The Morgan fingerprint density at radius 1 is 1.15 bits per heavy atom. The van der Waals surface area contributed by atoms with E-state index < -0.39 is 12.4 Å². The summed E-state index contributed by atoms with van der Waals surface area (Å²) in [6.45, 7) is -2.76. The SMILES string of the molecule is CCC1CCC(Oc2cccc([B-](F)(F)F)c2)CC1.[K+]. The molecule has 1 aromatic rings. The molecule has 1 aromatic carbocycles. The summed E-state index contributed by atoms with van der Waals surface area (Å²) >= 11 is 0. The van der Waals surface area contributed by atoms with Gasteiger partial charge in [0.1, 0.15) is 5.75 Å². The molecule has 0 heterocycles. The molecule has 1 nitrogen and oxygen atoms in total. The van der Waals surface area contributed by atoms with Gasteiger partial charge in [-0.2, -0.15) is 0 Å². The second-order valence-corrected chi connectivity index (χ2v) is 5.32. The van der Waals surface area contributed by atoms with Gasteiger partial charge in [-0.25, -0.2) is 0 Å². The predicted octanol–water partition coefficient (Wildman–Crippen LogP) is 1.09. The summed E-state index contributed by atoms with van der Waals surface area (Å²) in [5, 5.41) is 0. The summed E-state index contributed by atoms with van der Waals surface area (Å²) in [6.07, 6.45) is 5.37. The van der Waals surface area contributed by atoms with Crippen molar-refractivity contribution in [3.05, 3.63) is 24.3 Å². The number of benzene rings is 1. The first-order valence-corrected chi connectivity index (χ1v) is 6.95. The van der Waals surface area contributed by atoms with Crippen molar-refractivity contribution in [1.29, 1.82) is 0 Å². The van der Waals surface area contributed by atoms with Crippen LogP contribution in [0.5, 0.6) is 5.75 Å². The van der Waals surface area contributed by atoms with Crippen molar-refractivity contribution >= 4 is 12.4 Å². The molecule has 6 heteroatoms. The molecule has 0 aliphatic heterocycles. The molecule has 0 radical (unpaired) electrons. The average molecular weight is 310 g/mol. The fraction of sp³-hybridized carbons (Fsp3) is 0.571. The summed E-state index contributed by atoms with van der Waals surface area (Å²) in [7, 11) is 0. The van der Waals surface area contributed by atoms with Crippen molar-refractivity contribution in [1.82, 2.24) is 0 Å². The van der Waals surface area contributed by atoms with E-state index >= 15 is 0 Å². The van der Waals surface area contributed by atoms with Crippen molar-refractivity contribution in [2.24, 2.45) is 5.92 Å². The van der Waals surface area contributed by atoms with E-state index in [1.807, 2.05) is 0 Å². The van der Waals surface area contributed by atoms with E-state index in [1.54, 1.807) is 6.07 Å². The van der Waals surface area contributed by atoms with Gasteiger partial charge in [-0.05, 0) is 43.7 Å². The van der Waals surface area contributed by atoms with Gasteiger partial charge in [0.05, 0.1) is 6.10 Å². The van der Waals surface area contributed by atoms with Crippen molar-refractivity contribution in [2.75, 3.05) is 0 Å². The van der Waals surface area contributed by atoms with E-state index in [9.17, 15) is 12.9 Å². The summed E-state index contributed by atoms with van der Waals surface area (Å²) in [6, 6.07) is 5.24. The molecule has 0 unspecified atom stereocenters. The number of hydrogen-bond donors (Lipinski definition) is 0. The minimum atomic E-state index is -4.95. The van der Waals surface area contributed by atoms with Crippen LogP contribution >= 0.6 is 0 Å². The van der Waals surface area contributed by atoms with Crippen LogP contribution in [-0.2, 0) is 0 Å². The molecule has 0 aromatic heterocycles. The first kappa shape index (κ1) is 18.6. The van der Waals surface area contributed by atoms with Gasteiger partial charge >= 0.3 is 58.4 Å². The Morgan fingerprint density at radius 2 is 1.80 bits per heavy atom. The molecular weight excluding hydrogens is 291 g/mol. The zero-order chi connectivity index (χ0) is 13.9. The largest absolute Gasteiger partial charge is 1.00 e. The first-order chi connectivity index (χ1) is 8.99. The minimum Gasteiger partial charge on any atom is -0.491 e. The van der Waals surface area contributed by atoms with Crippen LogP contribution < -0.4 is 61.6 Å². The topological polar surface area (TPSA) is 9.23 Å². The zero-order valence-electron chi connectivity index (χ0n) is 12.1. The molecular formula is C14H19BF3KO. The molecule has 0 saturated heterocycles. The molecule has 1 saturated carbocycles. The van der Waals surface area contributed by atoms with Gasteiger partial charge in [0.25, 0.3) is 0 Å². The van der Waals surface area contributed by atoms with Gasteiger partial charge in [-0.1, -0.05) is 25.5 Å². The van der Waals surface area contributed by atoms with Crippen molar-refractivity contribution < 1.29 is 69.1 Å². The molecule has 2 rings (SSSR count). The molecule has 1 fully saturated rings. The Bertz CT molecular complexity index is 417. The van der Waals surface area contributed by atoms with Crippen molar-refractivity contribution in [2.45, 2.75) is 45.1 Å². The molecule has 20 heavy (non-hydrogen) atoms. The molecule has 0 N–H and O–H groups in total. The van der Waals surface area contributed by atoms with Gasteiger partial charge in [0.2, 0.25) is 0 Å². The fourth-order valence-corrected chi connectivity index (χ4v) is 2.64. The maximum absolute atomic E-state index is 12.7. The van der Waals surface area contributed by atoms with Crippen LogP contribution in [0.15, 0.2) is 24.3 Å². The quantitative estimate of drug-likeness (QED) is 0.757. The summed E-state index contributed by atoms with van der Waals surface area (Å²) in [4.78, 5) is 0. The van der Waals surface area contributed by atoms with Crippen molar-refractivity contribution in [3.63, 3.8) is 0 Å².